The Kier molecular flexibility index (Phi) is 7.55. The lowest BCUT2D eigenvalue weighted by atomic mass is 10.1. The second kappa shape index (κ2) is 10.5. The predicted octanol–water partition coefficient (Wildman–Crippen LogP) is 3.67. The highest BCUT2D eigenvalue weighted by Crippen LogP contribution is 2.30. The molecule has 2 heterocycles. The molecule has 1 fully saturated rings. The summed E-state index contributed by atoms with van der Waals surface area (Å²) in [4.78, 5) is 11.2. The number of methoxy groups -OCH3 is 1. The van der Waals surface area contributed by atoms with Crippen LogP contribution in [0.3, 0.4) is 0 Å². The maximum atomic E-state index is 5.65. The van der Waals surface area contributed by atoms with Gasteiger partial charge in [0.2, 0.25) is 0 Å². The summed E-state index contributed by atoms with van der Waals surface area (Å²) in [5, 5.41) is 6.67. The Morgan fingerprint density at radius 2 is 1.97 bits per heavy atom. The SMILES string of the molecule is CCOc1cc(NC(=NC)NCc2ccnc(N3CCCCC3)c2)ccc1OC. The summed E-state index contributed by atoms with van der Waals surface area (Å²) in [6.45, 7) is 5.37. The molecule has 0 bridgehead atoms. The summed E-state index contributed by atoms with van der Waals surface area (Å²) >= 11 is 0. The maximum Gasteiger partial charge on any atom is 0.195 e. The van der Waals surface area contributed by atoms with Crippen LogP contribution < -0.4 is 25.0 Å². The van der Waals surface area contributed by atoms with E-state index in [0.717, 1.165) is 24.6 Å². The van der Waals surface area contributed by atoms with Crippen LogP contribution in [0.1, 0.15) is 31.7 Å². The van der Waals surface area contributed by atoms with Gasteiger partial charge in [-0.05, 0) is 56.0 Å². The van der Waals surface area contributed by atoms with Crippen LogP contribution in [0.25, 0.3) is 0 Å². The lowest BCUT2D eigenvalue weighted by Gasteiger charge is -2.28. The summed E-state index contributed by atoms with van der Waals surface area (Å²) < 4.78 is 11.0. The lowest BCUT2D eigenvalue weighted by molar-refractivity contribution is 0.311. The molecule has 1 aliphatic heterocycles. The number of aromatic nitrogens is 1. The number of aliphatic imine (C=N–C) groups is 1. The zero-order chi connectivity index (χ0) is 20.5. The van der Waals surface area contributed by atoms with Gasteiger partial charge in [0.05, 0.1) is 13.7 Å². The van der Waals surface area contributed by atoms with Crippen molar-refractivity contribution in [3.8, 4) is 11.5 Å². The summed E-state index contributed by atoms with van der Waals surface area (Å²) in [7, 11) is 3.40. The van der Waals surface area contributed by atoms with Crippen LogP contribution in [0.4, 0.5) is 11.5 Å². The first-order chi connectivity index (χ1) is 14.2. The van der Waals surface area contributed by atoms with E-state index in [2.05, 4.69) is 31.6 Å². The van der Waals surface area contributed by atoms with Gasteiger partial charge in [0.1, 0.15) is 5.82 Å². The number of anilines is 2. The van der Waals surface area contributed by atoms with Crippen molar-refractivity contribution in [1.82, 2.24) is 10.3 Å². The van der Waals surface area contributed by atoms with Gasteiger partial charge in [0, 0.05) is 44.6 Å². The van der Waals surface area contributed by atoms with Crippen molar-refractivity contribution >= 4 is 17.5 Å². The molecule has 0 radical (unpaired) electrons. The van der Waals surface area contributed by atoms with Crippen molar-refractivity contribution in [1.29, 1.82) is 0 Å². The van der Waals surface area contributed by atoms with Crippen molar-refractivity contribution in [2.24, 2.45) is 4.99 Å². The van der Waals surface area contributed by atoms with E-state index in [9.17, 15) is 0 Å². The third-order valence-electron chi connectivity index (χ3n) is 4.90. The first-order valence-corrected chi connectivity index (χ1v) is 10.2. The van der Waals surface area contributed by atoms with Gasteiger partial charge in [-0.3, -0.25) is 4.99 Å². The van der Waals surface area contributed by atoms with Crippen molar-refractivity contribution in [3.05, 3.63) is 42.1 Å². The smallest absolute Gasteiger partial charge is 0.195 e. The molecule has 0 amide bonds. The van der Waals surface area contributed by atoms with Gasteiger partial charge in [-0.15, -0.1) is 0 Å². The van der Waals surface area contributed by atoms with Crippen LogP contribution in [0.15, 0.2) is 41.5 Å². The summed E-state index contributed by atoms with van der Waals surface area (Å²) in [5.74, 6) is 3.16. The zero-order valence-electron chi connectivity index (χ0n) is 17.6. The van der Waals surface area contributed by atoms with Gasteiger partial charge < -0.3 is 25.0 Å². The molecular formula is C22H31N5O2. The average Bonchev–Trinajstić information content (AvgIpc) is 2.78. The fourth-order valence-corrected chi connectivity index (χ4v) is 3.39. The van der Waals surface area contributed by atoms with Crippen molar-refractivity contribution in [2.45, 2.75) is 32.7 Å². The minimum Gasteiger partial charge on any atom is -0.493 e. The quantitative estimate of drug-likeness (QED) is 0.549. The predicted molar refractivity (Wildman–Crippen MR) is 118 cm³/mol. The molecule has 29 heavy (non-hydrogen) atoms. The zero-order valence-corrected chi connectivity index (χ0v) is 17.6. The number of ether oxygens (including phenoxy) is 2. The van der Waals surface area contributed by atoms with Crippen LogP contribution in [0.2, 0.25) is 0 Å². The molecule has 1 saturated heterocycles. The molecule has 1 aromatic heterocycles. The summed E-state index contributed by atoms with van der Waals surface area (Å²) in [6.07, 6.45) is 5.68. The van der Waals surface area contributed by atoms with E-state index in [1.54, 1.807) is 14.2 Å². The molecule has 2 aromatic rings. The number of nitrogens with zero attached hydrogens (tertiary/aromatic N) is 3. The molecule has 0 unspecified atom stereocenters. The second-order valence-electron chi connectivity index (χ2n) is 6.92. The first kappa shape index (κ1) is 20.8. The third kappa shape index (κ3) is 5.76. The molecule has 1 aliphatic rings. The molecule has 1 aromatic carbocycles. The largest absolute Gasteiger partial charge is 0.493 e. The number of piperidine rings is 1. The second-order valence-corrected chi connectivity index (χ2v) is 6.92. The highest BCUT2D eigenvalue weighted by atomic mass is 16.5. The Balaban J connectivity index is 1.61. The van der Waals surface area contributed by atoms with E-state index in [4.69, 9.17) is 9.47 Å². The average molecular weight is 398 g/mol. The van der Waals surface area contributed by atoms with Crippen LogP contribution >= 0.6 is 0 Å². The molecule has 7 nitrogen and oxygen atoms in total. The number of guanidine groups is 1. The maximum absolute atomic E-state index is 5.65. The minimum absolute atomic E-state index is 0.578. The Morgan fingerprint density at radius 1 is 1.14 bits per heavy atom. The molecule has 0 aliphatic carbocycles. The third-order valence-corrected chi connectivity index (χ3v) is 4.90. The number of nitrogens with one attached hydrogen (secondary N) is 2. The van der Waals surface area contributed by atoms with E-state index < -0.39 is 0 Å². The number of pyridine rings is 1. The Hall–Kier alpha value is -2.96. The molecule has 3 rings (SSSR count). The van der Waals surface area contributed by atoms with E-state index in [1.165, 1.54) is 24.8 Å². The van der Waals surface area contributed by atoms with E-state index in [-0.39, 0.29) is 0 Å². The van der Waals surface area contributed by atoms with Crippen LogP contribution in [0, 0.1) is 0 Å². The first-order valence-electron chi connectivity index (χ1n) is 10.2. The van der Waals surface area contributed by atoms with Gasteiger partial charge in [-0.2, -0.15) is 0 Å². The summed E-state index contributed by atoms with van der Waals surface area (Å²) in [6, 6.07) is 9.93. The summed E-state index contributed by atoms with van der Waals surface area (Å²) in [5.41, 5.74) is 2.05. The monoisotopic (exact) mass is 397 g/mol. The van der Waals surface area contributed by atoms with E-state index in [1.807, 2.05) is 37.4 Å². The van der Waals surface area contributed by atoms with Crippen molar-refractivity contribution in [3.63, 3.8) is 0 Å². The Morgan fingerprint density at radius 3 is 2.69 bits per heavy atom. The number of hydrogen-bond donors (Lipinski definition) is 2. The van der Waals surface area contributed by atoms with Gasteiger partial charge in [0.25, 0.3) is 0 Å². The van der Waals surface area contributed by atoms with Crippen molar-refractivity contribution in [2.75, 3.05) is 44.1 Å². The molecule has 7 heteroatoms. The lowest BCUT2D eigenvalue weighted by Crippen LogP contribution is -2.31. The fraction of sp³-hybridized carbons (Fsp3) is 0.455. The van der Waals surface area contributed by atoms with Crippen molar-refractivity contribution < 1.29 is 9.47 Å². The topological polar surface area (TPSA) is 71.0 Å². The number of rotatable bonds is 7. The normalized spacial score (nSPS) is 14.4. The van der Waals surface area contributed by atoms with Crippen LogP contribution in [0.5, 0.6) is 11.5 Å². The Bertz CT molecular complexity index is 819. The standard InChI is InChI=1S/C22H31N5O2/c1-4-29-20-15-18(8-9-19(20)28-3)26-22(23-2)25-16-17-10-11-24-21(14-17)27-12-6-5-7-13-27/h8-11,14-15H,4-7,12-13,16H2,1-3H3,(H2,23,25,26). The van der Waals surface area contributed by atoms with Crippen LogP contribution in [-0.2, 0) is 6.54 Å². The molecule has 0 spiro atoms. The highest BCUT2D eigenvalue weighted by Gasteiger charge is 2.12. The van der Waals surface area contributed by atoms with E-state index >= 15 is 0 Å². The van der Waals surface area contributed by atoms with E-state index in [0.29, 0.717) is 30.6 Å². The highest BCUT2D eigenvalue weighted by molar-refractivity contribution is 5.93. The van der Waals surface area contributed by atoms with Gasteiger partial charge in [0.15, 0.2) is 17.5 Å². The fourth-order valence-electron chi connectivity index (χ4n) is 3.39. The molecule has 0 saturated carbocycles. The number of hydrogen-bond acceptors (Lipinski definition) is 5. The molecule has 156 valence electrons. The van der Waals surface area contributed by atoms with Gasteiger partial charge >= 0.3 is 0 Å². The molecule has 0 atom stereocenters. The minimum atomic E-state index is 0.578. The van der Waals surface area contributed by atoms with Gasteiger partial charge in [-0.25, -0.2) is 4.98 Å². The van der Waals surface area contributed by atoms with Gasteiger partial charge in [-0.1, -0.05) is 0 Å². The molecule has 2 N–H and O–H groups in total. The van der Waals surface area contributed by atoms with Crippen LogP contribution in [-0.4, -0.2) is 44.8 Å². The molecular weight excluding hydrogens is 366 g/mol. The number of benzene rings is 1. The Labute approximate surface area is 173 Å².